The molecule has 5 nitrogen and oxygen atoms in total. The maximum absolute atomic E-state index is 5.29. The fourth-order valence-electron chi connectivity index (χ4n) is 2.19. The number of hydrogen-bond donors (Lipinski definition) is 2. The summed E-state index contributed by atoms with van der Waals surface area (Å²) >= 11 is 0. The molecule has 5 heteroatoms. The first-order chi connectivity index (χ1) is 10.7. The van der Waals surface area contributed by atoms with Crippen LogP contribution in [0.4, 0.5) is 0 Å². The van der Waals surface area contributed by atoms with Gasteiger partial charge in [-0.05, 0) is 52.5 Å². The molecule has 0 bridgehead atoms. The van der Waals surface area contributed by atoms with Gasteiger partial charge in [-0.1, -0.05) is 19.3 Å². The molecule has 0 amide bonds. The van der Waals surface area contributed by atoms with Crippen molar-refractivity contribution in [2.75, 3.05) is 33.7 Å². The van der Waals surface area contributed by atoms with Crippen LogP contribution < -0.4 is 10.6 Å². The Hall–Kier alpha value is -1.49. The van der Waals surface area contributed by atoms with Gasteiger partial charge in [0.15, 0.2) is 5.96 Å². The van der Waals surface area contributed by atoms with E-state index >= 15 is 0 Å². The molecule has 0 saturated carbocycles. The van der Waals surface area contributed by atoms with E-state index in [1.54, 1.807) is 6.26 Å². The minimum atomic E-state index is 0.576. The van der Waals surface area contributed by atoms with Crippen molar-refractivity contribution in [1.29, 1.82) is 0 Å². The van der Waals surface area contributed by atoms with Gasteiger partial charge in [0.25, 0.3) is 0 Å². The van der Waals surface area contributed by atoms with E-state index < -0.39 is 0 Å². The van der Waals surface area contributed by atoms with Gasteiger partial charge in [0.05, 0.1) is 6.26 Å². The van der Waals surface area contributed by atoms with Gasteiger partial charge in [-0.25, -0.2) is 4.99 Å². The van der Waals surface area contributed by atoms with Crippen molar-refractivity contribution in [2.24, 2.45) is 4.99 Å². The molecule has 22 heavy (non-hydrogen) atoms. The smallest absolute Gasteiger partial charge is 0.191 e. The van der Waals surface area contributed by atoms with Crippen LogP contribution in [-0.4, -0.2) is 44.6 Å². The molecule has 126 valence electrons. The third-order valence-corrected chi connectivity index (χ3v) is 3.39. The molecule has 1 aromatic rings. The molecule has 0 aliphatic rings. The number of guanidine groups is 1. The van der Waals surface area contributed by atoms with Crippen LogP contribution in [-0.2, 0) is 6.54 Å². The van der Waals surface area contributed by atoms with Gasteiger partial charge in [-0.2, -0.15) is 0 Å². The van der Waals surface area contributed by atoms with Crippen LogP contribution in [0, 0.1) is 0 Å². The van der Waals surface area contributed by atoms with Crippen molar-refractivity contribution in [3.63, 3.8) is 0 Å². The second-order valence-corrected chi connectivity index (χ2v) is 5.77. The molecule has 1 heterocycles. The van der Waals surface area contributed by atoms with Gasteiger partial charge in [0.2, 0.25) is 0 Å². The van der Waals surface area contributed by atoms with E-state index in [1.807, 2.05) is 12.1 Å². The second kappa shape index (κ2) is 12.1. The van der Waals surface area contributed by atoms with Crippen LogP contribution in [0.15, 0.2) is 27.8 Å². The summed E-state index contributed by atoms with van der Waals surface area (Å²) in [6, 6.07) is 3.84. The van der Waals surface area contributed by atoms with Crippen LogP contribution in [0.1, 0.15) is 44.8 Å². The first kappa shape index (κ1) is 18.6. The van der Waals surface area contributed by atoms with Crippen LogP contribution >= 0.6 is 0 Å². The van der Waals surface area contributed by atoms with Gasteiger partial charge in [0.1, 0.15) is 12.3 Å². The zero-order chi connectivity index (χ0) is 16.0. The Labute approximate surface area is 135 Å². The first-order valence-electron chi connectivity index (χ1n) is 8.41. The van der Waals surface area contributed by atoms with Crippen LogP contribution in [0.5, 0.6) is 0 Å². The van der Waals surface area contributed by atoms with Gasteiger partial charge in [0, 0.05) is 13.1 Å². The summed E-state index contributed by atoms with van der Waals surface area (Å²) < 4.78 is 5.29. The summed E-state index contributed by atoms with van der Waals surface area (Å²) in [6.07, 6.45) is 8.08. The minimum Gasteiger partial charge on any atom is -0.467 e. The molecule has 0 aliphatic heterocycles. The molecule has 0 fully saturated rings. The highest BCUT2D eigenvalue weighted by molar-refractivity contribution is 5.79. The number of nitrogens with zero attached hydrogens (tertiary/aromatic N) is 2. The highest BCUT2D eigenvalue weighted by Gasteiger charge is 1.99. The van der Waals surface area contributed by atoms with E-state index in [-0.39, 0.29) is 0 Å². The predicted octanol–water partition coefficient (Wildman–Crippen LogP) is 2.85. The average molecular weight is 308 g/mol. The Bertz CT molecular complexity index is 387. The molecule has 0 radical (unpaired) electrons. The quantitative estimate of drug-likeness (QED) is 0.375. The van der Waals surface area contributed by atoms with E-state index in [0.717, 1.165) is 24.8 Å². The predicted molar refractivity (Wildman–Crippen MR) is 93.2 cm³/mol. The summed E-state index contributed by atoms with van der Waals surface area (Å²) in [6.45, 7) is 5.69. The van der Waals surface area contributed by atoms with E-state index in [4.69, 9.17) is 4.42 Å². The van der Waals surface area contributed by atoms with E-state index in [0.29, 0.717) is 6.54 Å². The Morgan fingerprint density at radius 2 is 1.91 bits per heavy atom. The number of furan rings is 1. The molecule has 0 aliphatic carbocycles. The minimum absolute atomic E-state index is 0.576. The summed E-state index contributed by atoms with van der Waals surface area (Å²) in [5, 5.41) is 6.64. The molecule has 2 N–H and O–H groups in total. The van der Waals surface area contributed by atoms with Crippen molar-refractivity contribution in [3.8, 4) is 0 Å². The maximum atomic E-state index is 5.29. The summed E-state index contributed by atoms with van der Waals surface area (Å²) in [4.78, 5) is 6.77. The highest BCUT2D eigenvalue weighted by Crippen LogP contribution is 2.03. The Kier molecular flexibility index (Phi) is 10.2. The molecule has 1 rings (SSSR count). The second-order valence-electron chi connectivity index (χ2n) is 5.77. The SMILES string of the molecule is CCNC(=NCc1ccco1)NCCCCCCCN(C)C. The number of unbranched alkanes of at least 4 members (excludes halogenated alkanes) is 4. The number of nitrogens with one attached hydrogen (secondary N) is 2. The van der Waals surface area contributed by atoms with E-state index in [2.05, 4.69) is 41.5 Å². The lowest BCUT2D eigenvalue weighted by Gasteiger charge is -2.11. The third kappa shape index (κ3) is 9.45. The van der Waals surface area contributed by atoms with Crippen LogP contribution in [0.2, 0.25) is 0 Å². The molecule has 0 spiro atoms. The third-order valence-electron chi connectivity index (χ3n) is 3.39. The molecule has 0 aromatic carbocycles. The Balaban J connectivity index is 2.09. The van der Waals surface area contributed by atoms with Crippen molar-refractivity contribution in [1.82, 2.24) is 15.5 Å². The fourth-order valence-corrected chi connectivity index (χ4v) is 2.19. The van der Waals surface area contributed by atoms with Gasteiger partial charge < -0.3 is 20.0 Å². The highest BCUT2D eigenvalue weighted by atomic mass is 16.3. The lowest BCUT2D eigenvalue weighted by molar-refractivity contribution is 0.389. The van der Waals surface area contributed by atoms with Crippen LogP contribution in [0.3, 0.4) is 0 Å². The lowest BCUT2D eigenvalue weighted by Crippen LogP contribution is -2.37. The zero-order valence-corrected chi connectivity index (χ0v) is 14.4. The topological polar surface area (TPSA) is 52.8 Å². The molecule has 0 saturated heterocycles. The summed E-state index contributed by atoms with van der Waals surface area (Å²) in [7, 11) is 4.27. The monoisotopic (exact) mass is 308 g/mol. The van der Waals surface area contributed by atoms with Gasteiger partial charge >= 0.3 is 0 Å². The normalized spacial score (nSPS) is 11.9. The first-order valence-corrected chi connectivity index (χ1v) is 8.41. The number of aliphatic imine (C=N–C) groups is 1. The van der Waals surface area contributed by atoms with Crippen molar-refractivity contribution < 1.29 is 4.42 Å². The number of rotatable bonds is 11. The van der Waals surface area contributed by atoms with Crippen molar-refractivity contribution in [2.45, 2.75) is 45.6 Å². The maximum Gasteiger partial charge on any atom is 0.191 e. The standard InChI is InChI=1S/C17H32N4O/c1-4-18-17(20-15-16-11-10-14-22-16)19-12-8-6-5-7-9-13-21(2)3/h10-11,14H,4-9,12-13,15H2,1-3H3,(H2,18,19,20). The summed E-state index contributed by atoms with van der Waals surface area (Å²) in [5.74, 6) is 1.75. The molecule has 0 unspecified atom stereocenters. The largest absolute Gasteiger partial charge is 0.467 e. The molecular weight excluding hydrogens is 276 g/mol. The van der Waals surface area contributed by atoms with E-state index in [1.165, 1.54) is 38.6 Å². The summed E-state index contributed by atoms with van der Waals surface area (Å²) in [5.41, 5.74) is 0. The van der Waals surface area contributed by atoms with E-state index in [9.17, 15) is 0 Å². The molecule has 0 atom stereocenters. The molecular formula is C17H32N4O. The van der Waals surface area contributed by atoms with Crippen molar-refractivity contribution in [3.05, 3.63) is 24.2 Å². The van der Waals surface area contributed by atoms with Crippen LogP contribution in [0.25, 0.3) is 0 Å². The lowest BCUT2D eigenvalue weighted by atomic mass is 10.1. The fraction of sp³-hybridized carbons (Fsp3) is 0.706. The average Bonchev–Trinajstić information content (AvgIpc) is 3.00. The van der Waals surface area contributed by atoms with Gasteiger partial charge in [-0.3, -0.25) is 0 Å². The number of hydrogen-bond acceptors (Lipinski definition) is 3. The van der Waals surface area contributed by atoms with Crippen molar-refractivity contribution >= 4 is 5.96 Å². The molecule has 1 aromatic heterocycles. The van der Waals surface area contributed by atoms with Gasteiger partial charge in [-0.15, -0.1) is 0 Å². The Morgan fingerprint density at radius 3 is 2.59 bits per heavy atom. The Morgan fingerprint density at radius 1 is 1.14 bits per heavy atom. The zero-order valence-electron chi connectivity index (χ0n) is 14.4.